The average Bonchev–Trinajstić information content (AvgIpc) is 2.05. The number of halogens is 1. The van der Waals surface area contributed by atoms with Crippen molar-refractivity contribution in [3.8, 4) is 0 Å². The molecule has 0 unspecified atom stereocenters. The molecule has 0 heterocycles. The minimum atomic E-state index is -0.213. The van der Waals surface area contributed by atoms with Crippen LogP contribution in [0.3, 0.4) is 0 Å². The summed E-state index contributed by atoms with van der Waals surface area (Å²) < 4.78 is 4.85. The van der Waals surface area contributed by atoms with Crippen molar-refractivity contribution < 1.29 is 9.53 Å². The highest BCUT2D eigenvalue weighted by atomic mass is 35.5. The number of alkyl halides is 1. The van der Waals surface area contributed by atoms with Crippen LogP contribution in [0.5, 0.6) is 0 Å². The second-order valence-electron chi connectivity index (χ2n) is 2.33. The first-order valence-corrected chi connectivity index (χ1v) is 4.71. The highest BCUT2D eigenvalue weighted by Gasteiger charge is 1.98. The van der Waals surface area contributed by atoms with E-state index in [-0.39, 0.29) is 5.97 Å². The van der Waals surface area contributed by atoms with E-state index in [0.717, 1.165) is 12.8 Å². The lowest BCUT2D eigenvalue weighted by atomic mass is 10.3. The van der Waals surface area contributed by atoms with Crippen molar-refractivity contribution in [2.45, 2.75) is 26.2 Å². The second-order valence-corrected chi connectivity index (χ2v) is 2.71. The maximum absolute atomic E-state index is 10.7. The number of esters is 1. The zero-order chi connectivity index (χ0) is 9.23. The lowest BCUT2D eigenvalue weighted by molar-refractivity contribution is -0.142. The molecule has 3 heteroatoms. The first-order valence-electron chi connectivity index (χ1n) is 4.17. The summed E-state index contributed by atoms with van der Waals surface area (Å²) in [7, 11) is 0. The van der Waals surface area contributed by atoms with Gasteiger partial charge in [-0.05, 0) is 12.8 Å². The van der Waals surface area contributed by atoms with E-state index in [4.69, 9.17) is 16.3 Å². The van der Waals surface area contributed by atoms with Crippen molar-refractivity contribution in [3.05, 3.63) is 12.2 Å². The molecule has 0 amide bonds. The van der Waals surface area contributed by atoms with Crippen molar-refractivity contribution in [3.63, 3.8) is 0 Å². The van der Waals surface area contributed by atoms with Crippen LogP contribution in [-0.4, -0.2) is 18.5 Å². The van der Waals surface area contributed by atoms with E-state index < -0.39 is 0 Å². The number of ether oxygens (including phenoxy) is 1. The molecular weight excluding hydrogens is 176 g/mol. The van der Waals surface area contributed by atoms with E-state index in [1.54, 1.807) is 0 Å². The molecule has 0 spiro atoms. The van der Waals surface area contributed by atoms with Crippen LogP contribution >= 0.6 is 11.6 Å². The third-order valence-electron chi connectivity index (χ3n) is 1.25. The van der Waals surface area contributed by atoms with Crippen molar-refractivity contribution in [1.82, 2.24) is 0 Å². The Labute approximate surface area is 78.5 Å². The summed E-state index contributed by atoms with van der Waals surface area (Å²) in [6, 6.07) is 0. The Morgan fingerprint density at radius 2 is 2.25 bits per heavy atom. The second kappa shape index (κ2) is 8.60. The van der Waals surface area contributed by atoms with Crippen LogP contribution in [0.2, 0.25) is 0 Å². The Kier molecular flexibility index (Phi) is 8.24. The third kappa shape index (κ3) is 7.61. The Morgan fingerprint density at radius 3 is 2.83 bits per heavy atom. The minimum Gasteiger partial charge on any atom is -0.465 e. The maximum atomic E-state index is 10.7. The van der Waals surface area contributed by atoms with Crippen molar-refractivity contribution in [1.29, 1.82) is 0 Å². The molecule has 12 heavy (non-hydrogen) atoms. The molecule has 0 radical (unpaired) electrons. The quantitative estimate of drug-likeness (QED) is 0.279. The summed E-state index contributed by atoms with van der Waals surface area (Å²) in [6.45, 7) is 2.53. The van der Waals surface area contributed by atoms with Gasteiger partial charge in [0.1, 0.15) is 0 Å². The predicted molar refractivity (Wildman–Crippen MR) is 50.3 cm³/mol. The van der Waals surface area contributed by atoms with Crippen LogP contribution in [0.15, 0.2) is 12.2 Å². The summed E-state index contributed by atoms with van der Waals surface area (Å²) in [5.41, 5.74) is 0. The van der Waals surface area contributed by atoms with Crippen LogP contribution in [0.1, 0.15) is 26.2 Å². The zero-order valence-corrected chi connectivity index (χ0v) is 8.14. The van der Waals surface area contributed by atoms with Gasteiger partial charge in [0.15, 0.2) is 0 Å². The van der Waals surface area contributed by atoms with E-state index >= 15 is 0 Å². The van der Waals surface area contributed by atoms with Gasteiger partial charge in [-0.3, -0.25) is 4.79 Å². The molecule has 0 bridgehead atoms. The molecule has 0 aromatic heterocycles. The van der Waals surface area contributed by atoms with Crippen LogP contribution in [0.25, 0.3) is 0 Å². The molecule has 0 saturated heterocycles. The van der Waals surface area contributed by atoms with Crippen molar-refractivity contribution >= 4 is 17.6 Å². The fourth-order valence-corrected chi connectivity index (χ4v) is 0.829. The molecule has 0 saturated carbocycles. The molecule has 0 atom stereocenters. The summed E-state index contributed by atoms with van der Waals surface area (Å²) in [6.07, 6.45) is 6.18. The SMILES string of the molecule is CC/C=C\CCOC(=O)CCCl. The maximum Gasteiger partial charge on any atom is 0.307 e. The van der Waals surface area contributed by atoms with Crippen molar-refractivity contribution in [2.75, 3.05) is 12.5 Å². The standard InChI is InChI=1S/C9H15ClO2/c1-2-3-4-5-8-12-9(11)6-7-10/h3-4H,2,5-8H2,1H3/b4-3-. The van der Waals surface area contributed by atoms with Gasteiger partial charge in [0.2, 0.25) is 0 Å². The zero-order valence-electron chi connectivity index (χ0n) is 7.38. The number of hydrogen-bond donors (Lipinski definition) is 0. The Hall–Kier alpha value is -0.500. The van der Waals surface area contributed by atoms with Gasteiger partial charge < -0.3 is 4.74 Å². The lowest BCUT2D eigenvalue weighted by Gasteiger charge is -1.99. The van der Waals surface area contributed by atoms with E-state index in [0.29, 0.717) is 18.9 Å². The van der Waals surface area contributed by atoms with Crippen LogP contribution < -0.4 is 0 Å². The van der Waals surface area contributed by atoms with Gasteiger partial charge >= 0.3 is 5.97 Å². The molecule has 0 aromatic rings. The number of carbonyl (C=O) groups is 1. The highest BCUT2D eigenvalue weighted by Crippen LogP contribution is 1.92. The van der Waals surface area contributed by atoms with Crippen molar-refractivity contribution in [2.24, 2.45) is 0 Å². The summed E-state index contributed by atoms with van der Waals surface area (Å²) in [5, 5.41) is 0. The molecular formula is C9H15ClO2. The molecule has 2 nitrogen and oxygen atoms in total. The smallest absolute Gasteiger partial charge is 0.307 e. The Bertz CT molecular complexity index is 143. The van der Waals surface area contributed by atoms with E-state index in [1.807, 2.05) is 6.08 Å². The van der Waals surface area contributed by atoms with Crippen LogP contribution in [0.4, 0.5) is 0 Å². The van der Waals surface area contributed by atoms with Gasteiger partial charge in [0.05, 0.1) is 13.0 Å². The summed E-state index contributed by atoms with van der Waals surface area (Å²) in [4.78, 5) is 10.7. The van der Waals surface area contributed by atoms with Crippen LogP contribution in [-0.2, 0) is 9.53 Å². The summed E-state index contributed by atoms with van der Waals surface area (Å²) in [5.74, 6) is 0.124. The minimum absolute atomic E-state index is 0.213. The van der Waals surface area contributed by atoms with Crippen LogP contribution in [0, 0.1) is 0 Å². The first-order chi connectivity index (χ1) is 5.81. The molecule has 0 aliphatic rings. The van der Waals surface area contributed by atoms with Gasteiger partial charge in [-0.25, -0.2) is 0 Å². The monoisotopic (exact) mass is 190 g/mol. The first kappa shape index (κ1) is 11.5. The third-order valence-corrected chi connectivity index (χ3v) is 1.44. The van der Waals surface area contributed by atoms with E-state index in [9.17, 15) is 4.79 Å². The predicted octanol–water partition coefficient (Wildman–Crippen LogP) is 2.51. The van der Waals surface area contributed by atoms with Gasteiger partial charge in [-0.1, -0.05) is 19.1 Å². The average molecular weight is 191 g/mol. The summed E-state index contributed by atoms with van der Waals surface area (Å²) >= 11 is 5.34. The molecule has 0 aliphatic carbocycles. The molecule has 0 aliphatic heterocycles. The highest BCUT2D eigenvalue weighted by molar-refractivity contribution is 6.18. The fraction of sp³-hybridized carbons (Fsp3) is 0.667. The molecule has 0 fully saturated rings. The lowest BCUT2D eigenvalue weighted by Crippen LogP contribution is -2.05. The molecule has 0 aromatic carbocycles. The van der Waals surface area contributed by atoms with Gasteiger partial charge in [0, 0.05) is 5.88 Å². The number of carbonyl (C=O) groups excluding carboxylic acids is 1. The largest absolute Gasteiger partial charge is 0.465 e. The number of allylic oxidation sites excluding steroid dienone is 1. The van der Waals surface area contributed by atoms with Gasteiger partial charge in [-0.15, -0.1) is 11.6 Å². The fourth-order valence-electron chi connectivity index (χ4n) is 0.675. The normalized spacial score (nSPS) is 10.5. The topological polar surface area (TPSA) is 26.3 Å². The van der Waals surface area contributed by atoms with E-state index in [2.05, 4.69) is 13.0 Å². The number of hydrogen-bond acceptors (Lipinski definition) is 2. The Balaban J connectivity index is 3.19. The van der Waals surface area contributed by atoms with Gasteiger partial charge in [0.25, 0.3) is 0 Å². The van der Waals surface area contributed by atoms with Gasteiger partial charge in [-0.2, -0.15) is 0 Å². The number of rotatable bonds is 6. The van der Waals surface area contributed by atoms with E-state index in [1.165, 1.54) is 0 Å². The molecule has 0 rings (SSSR count). The molecule has 0 N–H and O–H groups in total. The Morgan fingerprint density at radius 1 is 1.50 bits per heavy atom. The molecule has 70 valence electrons.